The molecule has 0 saturated carbocycles. The number of hydrogen-bond acceptors (Lipinski definition) is 6. The van der Waals surface area contributed by atoms with Gasteiger partial charge in [-0.1, -0.05) is 31.5 Å². The second-order valence-electron chi connectivity index (χ2n) is 8.26. The smallest absolute Gasteiger partial charge is 0.336 e. The third kappa shape index (κ3) is 4.09. The predicted octanol–water partition coefficient (Wildman–Crippen LogP) is 4.99. The molecule has 6 nitrogen and oxygen atoms in total. The number of carbonyl (C=O) groups is 2. The monoisotopic (exact) mass is 435 g/mol. The molecule has 0 amide bonds. The van der Waals surface area contributed by atoms with Gasteiger partial charge >= 0.3 is 5.97 Å². The molecule has 1 aromatic heterocycles. The SMILES string of the molecule is CCCCOc1ccccc1[C@H]1C(C(=O)OC)=C(C)NC2=C1C(=O)C[C@H](c1ccco1)C2. The van der Waals surface area contributed by atoms with E-state index in [9.17, 15) is 9.59 Å². The number of allylic oxidation sites excluding steroid dienone is 3. The van der Waals surface area contributed by atoms with Gasteiger partial charge in [-0.15, -0.1) is 0 Å². The summed E-state index contributed by atoms with van der Waals surface area (Å²) in [4.78, 5) is 26.4. The van der Waals surface area contributed by atoms with Crippen LogP contribution in [0.15, 0.2) is 69.6 Å². The van der Waals surface area contributed by atoms with Crippen molar-refractivity contribution in [2.75, 3.05) is 13.7 Å². The molecule has 0 fully saturated rings. The molecule has 0 radical (unpaired) electrons. The molecular formula is C26H29NO5. The van der Waals surface area contributed by atoms with Crippen LogP contribution < -0.4 is 10.1 Å². The lowest BCUT2D eigenvalue weighted by molar-refractivity contribution is -0.136. The van der Waals surface area contributed by atoms with Crippen LogP contribution in [0.3, 0.4) is 0 Å². The van der Waals surface area contributed by atoms with Crippen LogP contribution in [0.4, 0.5) is 0 Å². The number of methoxy groups -OCH3 is 1. The molecular weight excluding hydrogens is 406 g/mol. The van der Waals surface area contributed by atoms with Crippen molar-refractivity contribution in [2.24, 2.45) is 0 Å². The normalized spacial score (nSPS) is 20.7. The fraction of sp³-hybridized carbons (Fsp3) is 0.385. The lowest BCUT2D eigenvalue weighted by Gasteiger charge is -2.36. The highest BCUT2D eigenvalue weighted by atomic mass is 16.5. The van der Waals surface area contributed by atoms with Gasteiger partial charge in [-0.25, -0.2) is 4.79 Å². The second kappa shape index (κ2) is 9.47. The minimum absolute atomic E-state index is 0.00224. The molecule has 0 unspecified atom stereocenters. The quantitative estimate of drug-likeness (QED) is 0.487. The standard InChI is InChI=1S/C26H29NO5/c1-4-5-12-32-22-10-7-6-9-18(22)24-23(26(29)30-3)16(2)27-19-14-17(15-20(28)25(19)24)21-11-8-13-31-21/h6-11,13,17,24,27H,4-5,12,14-15H2,1-3H3/t17-,24+/m1/s1. The van der Waals surface area contributed by atoms with Gasteiger partial charge in [-0.3, -0.25) is 4.79 Å². The predicted molar refractivity (Wildman–Crippen MR) is 120 cm³/mol. The summed E-state index contributed by atoms with van der Waals surface area (Å²) in [5.41, 5.74) is 3.40. The molecule has 2 atom stereocenters. The Balaban J connectivity index is 1.81. The van der Waals surface area contributed by atoms with Crippen LogP contribution in [0.1, 0.15) is 62.7 Å². The first-order chi connectivity index (χ1) is 15.5. The minimum atomic E-state index is -0.540. The first kappa shape index (κ1) is 21.9. The molecule has 32 heavy (non-hydrogen) atoms. The van der Waals surface area contributed by atoms with Gasteiger partial charge in [0.25, 0.3) is 0 Å². The fourth-order valence-electron chi connectivity index (χ4n) is 4.63. The number of para-hydroxylation sites is 1. The minimum Gasteiger partial charge on any atom is -0.493 e. The van der Waals surface area contributed by atoms with Crippen LogP contribution in [0.2, 0.25) is 0 Å². The number of furan rings is 1. The molecule has 1 N–H and O–H groups in total. The van der Waals surface area contributed by atoms with Crippen molar-refractivity contribution in [1.82, 2.24) is 5.32 Å². The summed E-state index contributed by atoms with van der Waals surface area (Å²) in [5.74, 6) is 0.467. The molecule has 1 aliphatic carbocycles. The van der Waals surface area contributed by atoms with Crippen LogP contribution >= 0.6 is 0 Å². The third-order valence-corrected chi connectivity index (χ3v) is 6.16. The van der Waals surface area contributed by atoms with E-state index in [1.807, 2.05) is 43.3 Å². The molecule has 168 valence electrons. The lowest BCUT2D eigenvalue weighted by atomic mass is 9.72. The van der Waals surface area contributed by atoms with E-state index in [4.69, 9.17) is 13.9 Å². The zero-order chi connectivity index (χ0) is 22.7. The number of carbonyl (C=O) groups excluding carboxylic acids is 2. The van der Waals surface area contributed by atoms with Gasteiger partial charge in [0.15, 0.2) is 5.78 Å². The third-order valence-electron chi connectivity index (χ3n) is 6.16. The van der Waals surface area contributed by atoms with Crippen LogP contribution in [0.5, 0.6) is 5.75 Å². The van der Waals surface area contributed by atoms with Gasteiger partial charge in [-0.05, 0) is 38.0 Å². The second-order valence-corrected chi connectivity index (χ2v) is 8.26. The maximum absolute atomic E-state index is 13.5. The molecule has 2 aliphatic rings. The number of rotatable bonds is 7. The van der Waals surface area contributed by atoms with Gasteiger partial charge < -0.3 is 19.2 Å². The van der Waals surface area contributed by atoms with Gasteiger partial charge in [0.2, 0.25) is 0 Å². The summed E-state index contributed by atoms with van der Waals surface area (Å²) >= 11 is 0. The molecule has 0 saturated heterocycles. The molecule has 1 aliphatic heterocycles. The van der Waals surface area contributed by atoms with Crippen molar-refractivity contribution >= 4 is 11.8 Å². The van der Waals surface area contributed by atoms with Crippen molar-refractivity contribution in [3.8, 4) is 5.75 Å². The van der Waals surface area contributed by atoms with Crippen LogP contribution in [-0.2, 0) is 14.3 Å². The Kier molecular flexibility index (Phi) is 6.49. The maximum atomic E-state index is 13.5. The van der Waals surface area contributed by atoms with Crippen molar-refractivity contribution in [2.45, 2.75) is 51.4 Å². The van der Waals surface area contributed by atoms with E-state index in [0.29, 0.717) is 42.0 Å². The van der Waals surface area contributed by atoms with Gasteiger partial charge in [0, 0.05) is 34.9 Å². The first-order valence-corrected chi connectivity index (χ1v) is 11.1. The topological polar surface area (TPSA) is 77.8 Å². The van der Waals surface area contributed by atoms with Crippen molar-refractivity contribution in [1.29, 1.82) is 0 Å². The van der Waals surface area contributed by atoms with Crippen LogP contribution in [0, 0.1) is 0 Å². The fourth-order valence-corrected chi connectivity index (χ4v) is 4.63. The number of nitrogens with one attached hydrogen (secondary N) is 1. The molecule has 2 aromatic rings. The number of unbranched alkanes of at least 4 members (excludes halogenated alkanes) is 1. The molecule has 1 aromatic carbocycles. The van der Waals surface area contributed by atoms with Gasteiger partial charge in [0.1, 0.15) is 11.5 Å². The van der Waals surface area contributed by atoms with E-state index in [1.54, 1.807) is 6.26 Å². The highest BCUT2D eigenvalue weighted by Gasteiger charge is 2.42. The summed E-state index contributed by atoms with van der Waals surface area (Å²) < 4.78 is 16.8. The number of ketones is 1. The number of dihydropyridines is 1. The zero-order valence-electron chi connectivity index (χ0n) is 18.8. The highest BCUT2D eigenvalue weighted by molar-refractivity contribution is 6.04. The molecule has 0 bridgehead atoms. The van der Waals surface area contributed by atoms with E-state index >= 15 is 0 Å². The summed E-state index contributed by atoms with van der Waals surface area (Å²) in [6.45, 7) is 4.54. The van der Waals surface area contributed by atoms with E-state index in [-0.39, 0.29) is 11.7 Å². The Morgan fingerprint density at radius 3 is 2.72 bits per heavy atom. The lowest BCUT2D eigenvalue weighted by Crippen LogP contribution is -2.36. The number of esters is 1. The van der Waals surface area contributed by atoms with Crippen LogP contribution in [-0.4, -0.2) is 25.5 Å². The average molecular weight is 436 g/mol. The number of hydrogen-bond donors (Lipinski definition) is 1. The largest absolute Gasteiger partial charge is 0.493 e. The Labute approximate surface area is 188 Å². The van der Waals surface area contributed by atoms with E-state index in [1.165, 1.54) is 7.11 Å². The number of benzene rings is 1. The molecule has 2 heterocycles. The molecule has 0 spiro atoms. The number of ether oxygens (including phenoxy) is 2. The van der Waals surface area contributed by atoms with Crippen LogP contribution in [0.25, 0.3) is 0 Å². The highest BCUT2D eigenvalue weighted by Crippen LogP contribution is 2.47. The maximum Gasteiger partial charge on any atom is 0.336 e. The molecule has 4 rings (SSSR count). The Morgan fingerprint density at radius 2 is 2.00 bits per heavy atom. The van der Waals surface area contributed by atoms with Crippen molar-refractivity contribution in [3.05, 3.63) is 76.5 Å². The van der Waals surface area contributed by atoms with Gasteiger partial charge in [-0.2, -0.15) is 0 Å². The Morgan fingerprint density at radius 1 is 1.19 bits per heavy atom. The average Bonchev–Trinajstić information content (AvgIpc) is 3.33. The Bertz CT molecular complexity index is 1060. The summed E-state index contributed by atoms with van der Waals surface area (Å²) in [6.07, 6.45) is 4.54. The number of Topliss-reactive ketones (excluding diaryl/α,β-unsaturated/α-hetero) is 1. The Hall–Kier alpha value is -3.28. The zero-order valence-corrected chi connectivity index (χ0v) is 18.8. The van der Waals surface area contributed by atoms with E-state index in [0.717, 1.165) is 29.9 Å². The van der Waals surface area contributed by atoms with Crippen molar-refractivity contribution in [3.63, 3.8) is 0 Å². The van der Waals surface area contributed by atoms with E-state index < -0.39 is 11.9 Å². The molecule has 6 heteroatoms. The summed E-state index contributed by atoms with van der Waals surface area (Å²) in [7, 11) is 1.36. The van der Waals surface area contributed by atoms with E-state index in [2.05, 4.69) is 12.2 Å². The summed E-state index contributed by atoms with van der Waals surface area (Å²) in [5, 5.41) is 3.33. The first-order valence-electron chi connectivity index (χ1n) is 11.1. The van der Waals surface area contributed by atoms with Gasteiger partial charge in [0.05, 0.1) is 31.5 Å². The summed E-state index contributed by atoms with van der Waals surface area (Å²) in [6, 6.07) is 11.4. The van der Waals surface area contributed by atoms with Crippen molar-refractivity contribution < 1.29 is 23.5 Å².